The van der Waals surface area contributed by atoms with Gasteiger partial charge in [0.15, 0.2) is 0 Å². The molecule has 1 aliphatic carbocycles. The first kappa shape index (κ1) is 17.2. The summed E-state index contributed by atoms with van der Waals surface area (Å²) in [6.07, 6.45) is 2.49. The zero-order valence-electron chi connectivity index (χ0n) is 13.4. The molecule has 0 aliphatic heterocycles. The Morgan fingerprint density at radius 3 is 2.48 bits per heavy atom. The van der Waals surface area contributed by atoms with Crippen LogP contribution in [0.1, 0.15) is 49.8 Å². The summed E-state index contributed by atoms with van der Waals surface area (Å²) >= 11 is 0. The van der Waals surface area contributed by atoms with Gasteiger partial charge in [0.2, 0.25) is 0 Å². The lowest BCUT2D eigenvalue weighted by molar-refractivity contribution is -0.142. The molecular weight excluding hydrogens is 299 g/mol. The lowest BCUT2D eigenvalue weighted by Gasteiger charge is -2.27. The number of hydrogen-bond donors (Lipinski definition) is 3. The molecule has 6 heteroatoms. The first-order valence-electron chi connectivity index (χ1n) is 7.92. The SMILES string of the molecule is Cc1ccc(C(C)NC(=O)NC2CCC(C(=O)O)CC2)cc1F. The van der Waals surface area contributed by atoms with Crippen LogP contribution in [0.2, 0.25) is 0 Å². The van der Waals surface area contributed by atoms with Crippen LogP contribution in [0, 0.1) is 18.7 Å². The highest BCUT2D eigenvalue weighted by Gasteiger charge is 2.26. The third kappa shape index (κ3) is 4.68. The molecule has 5 nitrogen and oxygen atoms in total. The molecule has 0 saturated heterocycles. The van der Waals surface area contributed by atoms with Gasteiger partial charge < -0.3 is 15.7 Å². The van der Waals surface area contributed by atoms with Gasteiger partial charge >= 0.3 is 12.0 Å². The van der Waals surface area contributed by atoms with Crippen molar-refractivity contribution >= 4 is 12.0 Å². The summed E-state index contributed by atoms with van der Waals surface area (Å²) in [5.74, 6) is -1.35. The molecule has 1 aromatic rings. The number of nitrogens with one attached hydrogen (secondary N) is 2. The van der Waals surface area contributed by atoms with Crippen LogP contribution in [0.15, 0.2) is 18.2 Å². The number of carbonyl (C=O) groups is 2. The first-order valence-corrected chi connectivity index (χ1v) is 7.92. The van der Waals surface area contributed by atoms with Crippen molar-refractivity contribution in [2.24, 2.45) is 5.92 Å². The van der Waals surface area contributed by atoms with Crippen LogP contribution in [-0.2, 0) is 4.79 Å². The zero-order valence-corrected chi connectivity index (χ0v) is 13.4. The van der Waals surface area contributed by atoms with Gasteiger partial charge in [-0.25, -0.2) is 9.18 Å². The molecule has 0 radical (unpaired) electrons. The summed E-state index contributed by atoms with van der Waals surface area (Å²) in [6, 6.07) is 4.29. The zero-order chi connectivity index (χ0) is 17.0. The van der Waals surface area contributed by atoms with E-state index in [2.05, 4.69) is 10.6 Å². The molecule has 2 rings (SSSR count). The Kier molecular flexibility index (Phi) is 5.58. The number of aliphatic carboxylic acids is 1. The van der Waals surface area contributed by atoms with Gasteiger partial charge in [-0.05, 0) is 56.7 Å². The molecule has 1 aliphatic rings. The molecule has 2 amide bonds. The molecule has 1 atom stereocenters. The van der Waals surface area contributed by atoms with Crippen LogP contribution in [0.4, 0.5) is 9.18 Å². The third-order valence-corrected chi connectivity index (χ3v) is 4.46. The minimum Gasteiger partial charge on any atom is -0.481 e. The number of carboxylic acids is 1. The Balaban J connectivity index is 1.82. The van der Waals surface area contributed by atoms with E-state index in [9.17, 15) is 14.0 Å². The van der Waals surface area contributed by atoms with Gasteiger partial charge in [-0.3, -0.25) is 4.79 Å². The van der Waals surface area contributed by atoms with E-state index in [0.29, 0.717) is 36.8 Å². The van der Waals surface area contributed by atoms with E-state index in [-0.39, 0.29) is 29.8 Å². The van der Waals surface area contributed by atoms with E-state index in [1.165, 1.54) is 6.07 Å². The van der Waals surface area contributed by atoms with Crippen LogP contribution in [0.25, 0.3) is 0 Å². The maximum absolute atomic E-state index is 13.6. The Hall–Kier alpha value is -2.11. The van der Waals surface area contributed by atoms with Gasteiger partial charge in [-0.1, -0.05) is 12.1 Å². The summed E-state index contributed by atoms with van der Waals surface area (Å²) < 4.78 is 13.6. The van der Waals surface area contributed by atoms with Crippen LogP contribution in [0.5, 0.6) is 0 Å². The topological polar surface area (TPSA) is 78.4 Å². The maximum atomic E-state index is 13.6. The van der Waals surface area contributed by atoms with E-state index in [4.69, 9.17) is 5.11 Å². The normalized spacial score (nSPS) is 22.2. The fraction of sp³-hybridized carbons (Fsp3) is 0.529. The third-order valence-electron chi connectivity index (χ3n) is 4.46. The molecule has 0 aromatic heterocycles. The van der Waals surface area contributed by atoms with Gasteiger partial charge in [-0.2, -0.15) is 0 Å². The van der Waals surface area contributed by atoms with Crippen molar-refractivity contribution < 1.29 is 19.1 Å². The molecule has 1 aromatic carbocycles. The quantitative estimate of drug-likeness (QED) is 0.797. The molecule has 1 fully saturated rings. The number of carboxylic acid groups (broad SMARTS) is 1. The molecule has 0 bridgehead atoms. The van der Waals surface area contributed by atoms with Crippen molar-refractivity contribution in [1.29, 1.82) is 0 Å². The van der Waals surface area contributed by atoms with Gasteiger partial charge in [-0.15, -0.1) is 0 Å². The second-order valence-electron chi connectivity index (χ2n) is 6.23. The fourth-order valence-corrected chi connectivity index (χ4v) is 2.87. The Morgan fingerprint density at radius 2 is 1.91 bits per heavy atom. The van der Waals surface area contributed by atoms with Gasteiger partial charge in [0, 0.05) is 6.04 Å². The number of carbonyl (C=O) groups excluding carboxylic acids is 1. The largest absolute Gasteiger partial charge is 0.481 e. The highest BCUT2D eigenvalue weighted by molar-refractivity contribution is 5.75. The highest BCUT2D eigenvalue weighted by atomic mass is 19.1. The Labute approximate surface area is 135 Å². The number of benzene rings is 1. The molecule has 126 valence electrons. The van der Waals surface area contributed by atoms with Crippen LogP contribution >= 0.6 is 0 Å². The lowest BCUT2D eigenvalue weighted by Crippen LogP contribution is -2.44. The minimum atomic E-state index is -0.761. The number of aryl methyl sites for hydroxylation is 1. The van der Waals surface area contributed by atoms with Gasteiger partial charge in [0.05, 0.1) is 12.0 Å². The molecule has 1 unspecified atom stereocenters. The van der Waals surface area contributed by atoms with Gasteiger partial charge in [0.25, 0.3) is 0 Å². The number of halogens is 1. The summed E-state index contributed by atoms with van der Waals surface area (Å²) in [4.78, 5) is 22.9. The van der Waals surface area contributed by atoms with Crippen molar-refractivity contribution in [3.8, 4) is 0 Å². The maximum Gasteiger partial charge on any atom is 0.315 e. The van der Waals surface area contributed by atoms with Crippen molar-refractivity contribution in [2.45, 2.75) is 51.6 Å². The van der Waals surface area contributed by atoms with E-state index in [1.54, 1.807) is 26.0 Å². The first-order chi connectivity index (χ1) is 10.9. The fourth-order valence-electron chi connectivity index (χ4n) is 2.87. The average Bonchev–Trinajstić information content (AvgIpc) is 2.50. The second-order valence-corrected chi connectivity index (χ2v) is 6.23. The monoisotopic (exact) mass is 322 g/mol. The van der Waals surface area contributed by atoms with Crippen molar-refractivity contribution in [3.05, 3.63) is 35.1 Å². The lowest BCUT2D eigenvalue weighted by atomic mass is 9.86. The van der Waals surface area contributed by atoms with Crippen molar-refractivity contribution in [2.75, 3.05) is 0 Å². The molecule has 1 saturated carbocycles. The van der Waals surface area contributed by atoms with Crippen molar-refractivity contribution in [3.63, 3.8) is 0 Å². The summed E-state index contributed by atoms with van der Waals surface area (Å²) in [5, 5.41) is 14.6. The summed E-state index contributed by atoms with van der Waals surface area (Å²) in [6.45, 7) is 3.49. The predicted molar refractivity (Wildman–Crippen MR) is 84.6 cm³/mol. The molecule has 23 heavy (non-hydrogen) atoms. The minimum absolute atomic E-state index is 0.00689. The van der Waals surface area contributed by atoms with E-state index in [1.807, 2.05) is 0 Å². The molecule has 0 spiro atoms. The number of amides is 2. The predicted octanol–water partition coefficient (Wildman–Crippen LogP) is 3.14. The molecule has 3 N–H and O–H groups in total. The smallest absolute Gasteiger partial charge is 0.315 e. The number of hydrogen-bond acceptors (Lipinski definition) is 2. The number of urea groups is 1. The second kappa shape index (κ2) is 7.44. The Morgan fingerprint density at radius 1 is 1.26 bits per heavy atom. The van der Waals surface area contributed by atoms with Crippen LogP contribution in [0.3, 0.4) is 0 Å². The van der Waals surface area contributed by atoms with E-state index < -0.39 is 5.97 Å². The average molecular weight is 322 g/mol. The standard InChI is InChI=1S/C17H23FN2O3/c1-10-3-4-13(9-15(10)18)11(2)19-17(23)20-14-7-5-12(6-8-14)16(21)22/h3-4,9,11-12,14H,5-8H2,1-2H3,(H,21,22)(H2,19,20,23). The molecule has 0 heterocycles. The van der Waals surface area contributed by atoms with Crippen LogP contribution in [-0.4, -0.2) is 23.1 Å². The van der Waals surface area contributed by atoms with E-state index in [0.717, 1.165) is 0 Å². The van der Waals surface area contributed by atoms with Crippen LogP contribution < -0.4 is 10.6 Å². The summed E-state index contributed by atoms with van der Waals surface area (Å²) in [7, 11) is 0. The molecular formula is C17H23FN2O3. The van der Waals surface area contributed by atoms with Gasteiger partial charge in [0.1, 0.15) is 5.82 Å². The highest BCUT2D eigenvalue weighted by Crippen LogP contribution is 2.24. The summed E-state index contributed by atoms with van der Waals surface area (Å²) in [5.41, 5.74) is 1.28. The van der Waals surface area contributed by atoms with Crippen molar-refractivity contribution in [1.82, 2.24) is 10.6 Å². The Bertz CT molecular complexity index is 583. The van der Waals surface area contributed by atoms with E-state index >= 15 is 0 Å². The number of rotatable bonds is 4.